The number of pyridine rings is 1. The molecule has 5 rings (SSSR count). The normalized spacial score (nSPS) is 14.8. The SMILES string of the molecule is Cn1cc2cc(NC(=O)c3coc(-c4ccnc(N)c4)n3)c(N3CCC(F)CC3)cc2n1. The summed E-state index contributed by atoms with van der Waals surface area (Å²) >= 11 is 0. The molecule has 1 aliphatic rings. The summed E-state index contributed by atoms with van der Waals surface area (Å²) in [4.78, 5) is 23.3. The maximum atomic E-state index is 13.7. The van der Waals surface area contributed by atoms with Crippen LogP contribution < -0.4 is 16.0 Å². The second-order valence-corrected chi connectivity index (χ2v) is 7.85. The third kappa shape index (κ3) is 3.86. The van der Waals surface area contributed by atoms with Crippen LogP contribution in [0.2, 0.25) is 0 Å². The minimum Gasteiger partial charge on any atom is -0.444 e. The van der Waals surface area contributed by atoms with E-state index in [1.54, 1.807) is 23.0 Å². The van der Waals surface area contributed by atoms with Gasteiger partial charge < -0.3 is 20.4 Å². The number of fused-ring (bicyclic) bond motifs is 1. The molecular formula is C22H22FN7O2. The summed E-state index contributed by atoms with van der Waals surface area (Å²) in [5.41, 5.74) is 8.71. The summed E-state index contributed by atoms with van der Waals surface area (Å²) in [5.74, 6) is 0.197. The van der Waals surface area contributed by atoms with Crippen molar-refractivity contribution in [1.29, 1.82) is 0 Å². The minimum atomic E-state index is -0.793. The van der Waals surface area contributed by atoms with Gasteiger partial charge in [-0.15, -0.1) is 0 Å². The molecule has 4 heterocycles. The van der Waals surface area contributed by atoms with Crippen LogP contribution in [0.15, 0.2) is 47.3 Å². The second-order valence-electron chi connectivity index (χ2n) is 7.85. The third-order valence-corrected chi connectivity index (χ3v) is 5.51. The summed E-state index contributed by atoms with van der Waals surface area (Å²) in [6.45, 7) is 1.14. The zero-order valence-corrected chi connectivity index (χ0v) is 17.5. The van der Waals surface area contributed by atoms with Crippen molar-refractivity contribution >= 4 is 34.0 Å². The van der Waals surface area contributed by atoms with Gasteiger partial charge in [0.25, 0.3) is 5.91 Å². The molecule has 164 valence electrons. The number of piperidine rings is 1. The highest BCUT2D eigenvalue weighted by molar-refractivity contribution is 6.06. The van der Waals surface area contributed by atoms with Gasteiger partial charge >= 0.3 is 0 Å². The smallest absolute Gasteiger partial charge is 0.277 e. The lowest BCUT2D eigenvalue weighted by Gasteiger charge is -2.32. The van der Waals surface area contributed by atoms with Gasteiger partial charge in [0, 0.05) is 43.5 Å². The van der Waals surface area contributed by atoms with Crippen LogP contribution in [0.4, 0.5) is 21.6 Å². The molecule has 10 heteroatoms. The van der Waals surface area contributed by atoms with E-state index in [0.29, 0.717) is 43.0 Å². The first kappa shape index (κ1) is 20.0. The molecule has 1 amide bonds. The van der Waals surface area contributed by atoms with E-state index in [2.05, 4.69) is 25.3 Å². The van der Waals surface area contributed by atoms with Crippen LogP contribution >= 0.6 is 0 Å². The molecule has 0 radical (unpaired) electrons. The summed E-state index contributed by atoms with van der Waals surface area (Å²) in [5, 5.41) is 8.30. The van der Waals surface area contributed by atoms with Gasteiger partial charge in [-0.2, -0.15) is 5.10 Å². The Kier molecular flexibility index (Phi) is 4.96. The molecular weight excluding hydrogens is 413 g/mol. The van der Waals surface area contributed by atoms with Crippen molar-refractivity contribution < 1.29 is 13.6 Å². The highest BCUT2D eigenvalue weighted by Gasteiger charge is 2.23. The molecule has 1 fully saturated rings. The number of nitrogens with zero attached hydrogens (tertiary/aromatic N) is 5. The van der Waals surface area contributed by atoms with Crippen molar-refractivity contribution in [2.24, 2.45) is 7.05 Å². The lowest BCUT2D eigenvalue weighted by atomic mass is 10.1. The molecule has 0 atom stereocenters. The Morgan fingerprint density at radius 3 is 2.88 bits per heavy atom. The average molecular weight is 435 g/mol. The van der Waals surface area contributed by atoms with Crippen LogP contribution in [-0.2, 0) is 7.05 Å². The molecule has 3 N–H and O–H groups in total. The van der Waals surface area contributed by atoms with Crippen molar-refractivity contribution in [3.63, 3.8) is 0 Å². The molecule has 4 aromatic rings. The van der Waals surface area contributed by atoms with E-state index in [9.17, 15) is 9.18 Å². The molecule has 1 saturated heterocycles. The van der Waals surface area contributed by atoms with E-state index < -0.39 is 12.1 Å². The topological polar surface area (TPSA) is 115 Å². The lowest BCUT2D eigenvalue weighted by Crippen LogP contribution is -2.35. The molecule has 1 aromatic carbocycles. The molecule has 3 aromatic heterocycles. The first-order valence-electron chi connectivity index (χ1n) is 10.3. The van der Waals surface area contributed by atoms with Gasteiger partial charge in [0.05, 0.1) is 16.9 Å². The quantitative estimate of drug-likeness (QED) is 0.505. The summed E-state index contributed by atoms with van der Waals surface area (Å²) in [6, 6.07) is 7.13. The van der Waals surface area contributed by atoms with E-state index in [-0.39, 0.29) is 11.6 Å². The zero-order chi connectivity index (χ0) is 22.2. The van der Waals surface area contributed by atoms with Gasteiger partial charge in [0.2, 0.25) is 5.89 Å². The first-order valence-corrected chi connectivity index (χ1v) is 10.3. The number of benzene rings is 1. The Balaban J connectivity index is 1.45. The van der Waals surface area contributed by atoms with Crippen LogP contribution in [0.3, 0.4) is 0 Å². The van der Waals surface area contributed by atoms with Crippen LogP contribution in [0.25, 0.3) is 22.4 Å². The van der Waals surface area contributed by atoms with Gasteiger partial charge in [-0.1, -0.05) is 0 Å². The van der Waals surface area contributed by atoms with Gasteiger partial charge in [-0.3, -0.25) is 9.48 Å². The van der Waals surface area contributed by atoms with E-state index in [4.69, 9.17) is 10.2 Å². The fourth-order valence-electron chi connectivity index (χ4n) is 3.91. The Bertz CT molecular complexity index is 1290. The standard InChI is InChI=1S/C22H22FN7O2/c1-29-11-14-8-17(19(10-16(14)28-29)30-6-3-15(23)4-7-30)26-21(31)18-12-32-22(27-18)13-2-5-25-20(24)9-13/h2,5,8-12,15H,3-4,6-7H2,1H3,(H2,24,25)(H,26,31). The van der Waals surface area contributed by atoms with Gasteiger partial charge in [-0.05, 0) is 37.1 Å². The third-order valence-electron chi connectivity index (χ3n) is 5.51. The number of oxazole rings is 1. The number of carbonyl (C=O) groups is 1. The number of rotatable bonds is 4. The zero-order valence-electron chi connectivity index (χ0n) is 17.5. The number of nitrogens with two attached hydrogens (primary N) is 1. The number of alkyl halides is 1. The molecule has 1 aliphatic heterocycles. The van der Waals surface area contributed by atoms with Gasteiger partial charge in [-0.25, -0.2) is 14.4 Å². The molecule has 0 spiro atoms. The fraction of sp³-hybridized carbons (Fsp3) is 0.273. The first-order chi connectivity index (χ1) is 15.5. The number of amides is 1. The van der Waals surface area contributed by atoms with E-state index >= 15 is 0 Å². The molecule has 0 saturated carbocycles. The molecule has 0 aliphatic carbocycles. The van der Waals surface area contributed by atoms with Crippen molar-refractivity contribution in [3.05, 3.63) is 48.6 Å². The number of hydrogen-bond donors (Lipinski definition) is 2. The van der Waals surface area contributed by atoms with E-state index in [0.717, 1.165) is 16.6 Å². The lowest BCUT2D eigenvalue weighted by molar-refractivity contribution is 0.102. The van der Waals surface area contributed by atoms with E-state index in [1.165, 1.54) is 6.26 Å². The maximum absolute atomic E-state index is 13.7. The van der Waals surface area contributed by atoms with Crippen LogP contribution in [-0.4, -0.2) is 44.9 Å². The van der Waals surface area contributed by atoms with Gasteiger partial charge in [0.15, 0.2) is 5.69 Å². The van der Waals surface area contributed by atoms with Crippen LogP contribution in [0.5, 0.6) is 0 Å². The highest BCUT2D eigenvalue weighted by atomic mass is 19.1. The number of aryl methyl sites for hydroxylation is 1. The molecule has 0 bridgehead atoms. The number of aromatic nitrogens is 4. The summed E-state index contributed by atoms with van der Waals surface area (Å²) in [6.07, 6.45) is 4.84. The predicted octanol–water partition coefficient (Wildman–Crippen LogP) is 3.40. The largest absolute Gasteiger partial charge is 0.444 e. The van der Waals surface area contributed by atoms with Crippen molar-refractivity contribution in [2.45, 2.75) is 19.0 Å². The highest BCUT2D eigenvalue weighted by Crippen LogP contribution is 2.33. The average Bonchev–Trinajstić information content (AvgIpc) is 3.40. The minimum absolute atomic E-state index is 0.134. The van der Waals surface area contributed by atoms with Crippen molar-refractivity contribution in [3.8, 4) is 11.5 Å². The van der Waals surface area contributed by atoms with E-state index in [1.807, 2.05) is 25.4 Å². The van der Waals surface area contributed by atoms with Crippen LogP contribution in [0, 0.1) is 0 Å². The molecule has 32 heavy (non-hydrogen) atoms. The van der Waals surface area contributed by atoms with Crippen molar-refractivity contribution in [2.75, 3.05) is 29.0 Å². The number of hydrogen-bond acceptors (Lipinski definition) is 7. The van der Waals surface area contributed by atoms with Crippen LogP contribution in [0.1, 0.15) is 23.3 Å². The number of anilines is 3. The van der Waals surface area contributed by atoms with Crippen molar-refractivity contribution in [1.82, 2.24) is 19.7 Å². The molecule has 9 nitrogen and oxygen atoms in total. The Morgan fingerprint density at radius 2 is 2.09 bits per heavy atom. The monoisotopic (exact) mass is 435 g/mol. The summed E-state index contributed by atoms with van der Waals surface area (Å²) < 4.78 is 20.9. The number of carbonyl (C=O) groups excluding carboxylic acids is 1. The number of nitrogens with one attached hydrogen (secondary N) is 1. The second kappa shape index (κ2) is 7.95. The molecule has 0 unspecified atom stereocenters. The Morgan fingerprint density at radius 1 is 1.28 bits per heavy atom. The Hall–Kier alpha value is -3.95. The fourth-order valence-corrected chi connectivity index (χ4v) is 3.91. The predicted molar refractivity (Wildman–Crippen MR) is 119 cm³/mol. The number of halogens is 1. The number of nitrogen functional groups attached to an aromatic ring is 1. The summed E-state index contributed by atoms with van der Waals surface area (Å²) in [7, 11) is 1.84. The van der Waals surface area contributed by atoms with Gasteiger partial charge in [0.1, 0.15) is 18.3 Å². The Labute approximate surface area is 183 Å². The maximum Gasteiger partial charge on any atom is 0.277 e.